The van der Waals surface area contributed by atoms with E-state index in [1.807, 2.05) is 12.1 Å². The van der Waals surface area contributed by atoms with Gasteiger partial charge in [-0.05, 0) is 43.6 Å². The smallest absolute Gasteiger partial charge is 0.143 e. The van der Waals surface area contributed by atoms with E-state index in [1.165, 1.54) is 0 Å². The minimum Gasteiger partial charge on any atom is -0.508 e. The number of ketones is 1. The molecule has 1 fully saturated rings. The van der Waals surface area contributed by atoms with Gasteiger partial charge in [0.25, 0.3) is 0 Å². The van der Waals surface area contributed by atoms with Gasteiger partial charge in [0.2, 0.25) is 0 Å². The number of hydrogen-bond donors (Lipinski definition) is 2. The molecule has 1 aliphatic heterocycles. The molecule has 0 radical (unpaired) electrons. The molecule has 92 valence electrons. The summed E-state index contributed by atoms with van der Waals surface area (Å²) >= 11 is 0. The summed E-state index contributed by atoms with van der Waals surface area (Å²) in [6.45, 7) is 3.92. The van der Waals surface area contributed by atoms with E-state index in [1.54, 1.807) is 12.1 Å². The average Bonchev–Trinajstić information content (AvgIpc) is 2.33. The SMILES string of the molecule is CC1(C(=O)Cc2ccc(O)cc2)CCNCC1. The highest BCUT2D eigenvalue weighted by Crippen LogP contribution is 2.30. The number of phenols is 1. The van der Waals surface area contributed by atoms with Gasteiger partial charge < -0.3 is 10.4 Å². The molecule has 0 spiro atoms. The van der Waals surface area contributed by atoms with E-state index in [0.717, 1.165) is 31.5 Å². The van der Waals surface area contributed by atoms with Gasteiger partial charge in [0, 0.05) is 11.8 Å². The number of phenolic OH excluding ortho intramolecular Hbond substituents is 1. The molecule has 0 bridgehead atoms. The maximum Gasteiger partial charge on any atom is 0.143 e. The van der Waals surface area contributed by atoms with Gasteiger partial charge in [-0.15, -0.1) is 0 Å². The Morgan fingerprint density at radius 1 is 1.29 bits per heavy atom. The lowest BCUT2D eigenvalue weighted by atomic mass is 9.75. The van der Waals surface area contributed by atoms with E-state index < -0.39 is 0 Å². The first-order valence-corrected chi connectivity index (χ1v) is 6.12. The standard InChI is InChI=1S/C14H19NO2/c1-14(6-8-15-9-7-14)13(17)10-11-2-4-12(16)5-3-11/h2-5,15-16H,6-10H2,1H3. The van der Waals surface area contributed by atoms with Crippen LogP contribution in [0.3, 0.4) is 0 Å². The minimum atomic E-state index is -0.177. The van der Waals surface area contributed by atoms with Gasteiger partial charge in [-0.25, -0.2) is 0 Å². The third kappa shape index (κ3) is 2.86. The average molecular weight is 233 g/mol. The monoisotopic (exact) mass is 233 g/mol. The number of piperidine rings is 1. The summed E-state index contributed by atoms with van der Waals surface area (Å²) in [5.41, 5.74) is 0.802. The van der Waals surface area contributed by atoms with Crippen LogP contribution < -0.4 is 5.32 Å². The summed E-state index contributed by atoms with van der Waals surface area (Å²) in [7, 11) is 0. The van der Waals surface area contributed by atoms with Gasteiger partial charge >= 0.3 is 0 Å². The number of rotatable bonds is 3. The van der Waals surface area contributed by atoms with Crippen molar-refractivity contribution in [3.8, 4) is 5.75 Å². The van der Waals surface area contributed by atoms with Crippen LogP contribution in [-0.2, 0) is 11.2 Å². The molecule has 1 aromatic carbocycles. The third-order valence-corrected chi connectivity index (χ3v) is 3.68. The van der Waals surface area contributed by atoms with Crippen molar-refractivity contribution in [3.63, 3.8) is 0 Å². The maximum atomic E-state index is 12.3. The van der Waals surface area contributed by atoms with Gasteiger partial charge in [-0.3, -0.25) is 4.79 Å². The summed E-state index contributed by atoms with van der Waals surface area (Å²) in [6.07, 6.45) is 2.31. The molecule has 0 aromatic heterocycles. The highest BCUT2D eigenvalue weighted by atomic mass is 16.3. The highest BCUT2D eigenvalue weighted by Gasteiger charge is 2.33. The third-order valence-electron chi connectivity index (χ3n) is 3.68. The number of hydrogen-bond acceptors (Lipinski definition) is 3. The summed E-state index contributed by atoms with van der Waals surface area (Å²) in [5, 5.41) is 12.5. The normalized spacial score (nSPS) is 18.9. The molecule has 2 rings (SSSR count). The number of Topliss-reactive ketones (excluding diaryl/α,β-unsaturated/α-hetero) is 1. The molecule has 17 heavy (non-hydrogen) atoms. The zero-order chi connectivity index (χ0) is 12.3. The Kier molecular flexibility index (Phi) is 3.48. The Morgan fingerprint density at radius 3 is 2.47 bits per heavy atom. The first-order valence-electron chi connectivity index (χ1n) is 6.12. The molecular weight excluding hydrogens is 214 g/mol. The molecule has 0 amide bonds. The molecule has 3 heteroatoms. The Bertz CT molecular complexity index is 391. The van der Waals surface area contributed by atoms with Gasteiger partial charge in [-0.2, -0.15) is 0 Å². The fourth-order valence-corrected chi connectivity index (χ4v) is 2.27. The van der Waals surface area contributed by atoms with Gasteiger partial charge in [0.05, 0.1) is 0 Å². The zero-order valence-electron chi connectivity index (χ0n) is 10.2. The first kappa shape index (κ1) is 12.1. The van der Waals surface area contributed by atoms with Gasteiger partial charge in [0.1, 0.15) is 11.5 Å². The molecule has 1 saturated heterocycles. The second-order valence-corrected chi connectivity index (χ2v) is 5.08. The van der Waals surface area contributed by atoms with Gasteiger partial charge in [0.15, 0.2) is 0 Å². The molecule has 1 aliphatic rings. The lowest BCUT2D eigenvalue weighted by molar-refractivity contribution is -0.128. The van der Waals surface area contributed by atoms with Crippen molar-refractivity contribution < 1.29 is 9.90 Å². The molecule has 1 heterocycles. The van der Waals surface area contributed by atoms with Crippen LogP contribution >= 0.6 is 0 Å². The molecule has 2 N–H and O–H groups in total. The van der Waals surface area contributed by atoms with E-state index >= 15 is 0 Å². The van der Waals surface area contributed by atoms with Crippen LogP contribution in [0.5, 0.6) is 5.75 Å². The van der Waals surface area contributed by atoms with E-state index in [-0.39, 0.29) is 11.2 Å². The highest BCUT2D eigenvalue weighted by molar-refractivity contribution is 5.86. The fourth-order valence-electron chi connectivity index (χ4n) is 2.27. The lowest BCUT2D eigenvalue weighted by Crippen LogP contribution is -2.40. The van der Waals surface area contributed by atoms with Crippen LogP contribution in [0.2, 0.25) is 0 Å². The maximum absolute atomic E-state index is 12.3. The summed E-state index contributed by atoms with van der Waals surface area (Å²) in [4.78, 5) is 12.3. The van der Waals surface area contributed by atoms with Crippen molar-refractivity contribution in [1.29, 1.82) is 0 Å². The number of nitrogens with one attached hydrogen (secondary N) is 1. The van der Waals surface area contributed by atoms with Gasteiger partial charge in [-0.1, -0.05) is 19.1 Å². The van der Waals surface area contributed by atoms with Crippen molar-refractivity contribution in [3.05, 3.63) is 29.8 Å². The fraction of sp³-hybridized carbons (Fsp3) is 0.500. The van der Waals surface area contributed by atoms with Crippen LogP contribution in [0, 0.1) is 5.41 Å². The molecule has 1 aromatic rings. The largest absolute Gasteiger partial charge is 0.508 e. The topological polar surface area (TPSA) is 49.3 Å². The Labute approximate surface area is 102 Å². The number of carbonyl (C=O) groups is 1. The van der Waals surface area contributed by atoms with Crippen molar-refractivity contribution in [2.24, 2.45) is 5.41 Å². The van der Waals surface area contributed by atoms with Crippen LogP contribution in [0.4, 0.5) is 0 Å². The van der Waals surface area contributed by atoms with E-state index in [4.69, 9.17) is 0 Å². The number of carbonyl (C=O) groups excluding carboxylic acids is 1. The molecule has 0 saturated carbocycles. The Balaban J connectivity index is 2.03. The Morgan fingerprint density at radius 2 is 1.88 bits per heavy atom. The number of benzene rings is 1. The van der Waals surface area contributed by atoms with Crippen molar-refractivity contribution >= 4 is 5.78 Å². The summed E-state index contributed by atoms with van der Waals surface area (Å²) in [5.74, 6) is 0.555. The van der Waals surface area contributed by atoms with E-state index in [0.29, 0.717) is 12.2 Å². The predicted octanol–water partition coefficient (Wildman–Crippen LogP) is 1.89. The molecule has 0 atom stereocenters. The van der Waals surface area contributed by atoms with Crippen molar-refractivity contribution in [1.82, 2.24) is 5.32 Å². The van der Waals surface area contributed by atoms with Crippen LogP contribution in [0.1, 0.15) is 25.3 Å². The van der Waals surface area contributed by atoms with E-state index in [9.17, 15) is 9.90 Å². The van der Waals surface area contributed by atoms with Crippen molar-refractivity contribution in [2.45, 2.75) is 26.2 Å². The molecular formula is C14H19NO2. The van der Waals surface area contributed by atoms with Crippen molar-refractivity contribution in [2.75, 3.05) is 13.1 Å². The summed E-state index contributed by atoms with van der Waals surface area (Å²) in [6, 6.07) is 6.90. The molecule has 3 nitrogen and oxygen atoms in total. The second-order valence-electron chi connectivity index (χ2n) is 5.08. The quantitative estimate of drug-likeness (QED) is 0.838. The first-order chi connectivity index (χ1) is 8.10. The van der Waals surface area contributed by atoms with Crippen LogP contribution in [-0.4, -0.2) is 24.0 Å². The second kappa shape index (κ2) is 4.88. The zero-order valence-corrected chi connectivity index (χ0v) is 10.2. The van der Waals surface area contributed by atoms with Crippen LogP contribution in [0.15, 0.2) is 24.3 Å². The minimum absolute atomic E-state index is 0.177. The molecule has 0 unspecified atom stereocenters. The van der Waals surface area contributed by atoms with E-state index in [2.05, 4.69) is 12.2 Å². The van der Waals surface area contributed by atoms with Crippen LogP contribution in [0.25, 0.3) is 0 Å². The number of aromatic hydroxyl groups is 1. The molecule has 0 aliphatic carbocycles. The summed E-state index contributed by atoms with van der Waals surface area (Å²) < 4.78 is 0. The Hall–Kier alpha value is -1.35. The predicted molar refractivity (Wildman–Crippen MR) is 67.0 cm³/mol. The lowest BCUT2D eigenvalue weighted by Gasteiger charge is -2.32.